The first-order chi connectivity index (χ1) is 6.98. The van der Waals surface area contributed by atoms with Gasteiger partial charge in [0.05, 0.1) is 5.60 Å². The number of nitrogens with one attached hydrogen (secondary N) is 1. The zero-order valence-corrected chi connectivity index (χ0v) is 11.2. The Labute approximate surface area is 95.8 Å². The summed E-state index contributed by atoms with van der Waals surface area (Å²) in [6.45, 7) is 14.1. The van der Waals surface area contributed by atoms with E-state index in [1.54, 1.807) is 0 Å². The predicted molar refractivity (Wildman–Crippen MR) is 67.3 cm³/mol. The van der Waals surface area contributed by atoms with Gasteiger partial charge in [0.2, 0.25) is 0 Å². The summed E-state index contributed by atoms with van der Waals surface area (Å²) in [6.07, 6.45) is 3.46. The van der Waals surface area contributed by atoms with E-state index in [1.165, 1.54) is 6.42 Å². The largest absolute Gasteiger partial charge is 0.376 e. The summed E-state index contributed by atoms with van der Waals surface area (Å²) >= 11 is 0. The van der Waals surface area contributed by atoms with Gasteiger partial charge in [0, 0.05) is 6.61 Å². The van der Waals surface area contributed by atoms with Gasteiger partial charge in [0.1, 0.15) is 0 Å². The summed E-state index contributed by atoms with van der Waals surface area (Å²) in [7, 11) is 0. The molecule has 0 aromatic heterocycles. The molecule has 2 nitrogen and oxygen atoms in total. The second-order valence-electron chi connectivity index (χ2n) is 5.27. The van der Waals surface area contributed by atoms with E-state index in [-0.39, 0.29) is 5.60 Å². The smallest absolute Gasteiger partial charge is 0.0623 e. The Kier molecular flexibility index (Phi) is 8.07. The molecule has 0 amide bonds. The molecule has 0 aromatic carbocycles. The van der Waals surface area contributed by atoms with Gasteiger partial charge in [-0.3, -0.25) is 0 Å². The first kappa shape index (κ1) is 14.9. The van der Waals surface area contributed by atoms with Crippen LogP contribution in [-0.4, -0.2) is 25.3 Å². The minimum atomic E-state index is 0.0609. The average molecular weight is 215 g/mol. The molecule has 0 aromatic rings. The van der Waals surface area contributed by atoms with Crippen molar-refractivity contribution in [2.75, 3.05) is 19.7 Å². The van der Waals surface area contributed by atoms with E-state index >= 15 is 0 Å². The monoisotopic (exact) mass is 215 g/mol. The summed E-state index contributed by atoms with van der Waals surface area (Å²) in [5, 5.41) is 3.44. The van der Waals surface area contributed by atoms with Gasteiger partial charge in [0.25, 0.3) is 0 Å². The minimum absolute atomic E-state index is 0.0609. The number of ether oxygens (including phenoxy) is 1. The molecule has 0 unspecified atom stereocenters. The molecule has 0 bridgehead atoms. The second-order valence-corrected chi connectivity index (χ2v) is 5.27. The van der Waals surface area contributed by atoms with Crippen LogP contribution in [-0.2, 0) is 4.74 Å². The number of unbranched alkanes of at least 4 members (excludes halogenated alkanes) is 1. The first-order valence-electron chi connectivity index (χ1n) is 6.32. The topological polar surface area (TPSA) is 21.3 Å². The summed E-state index contributed by atoms with van der Waals surface area (Å²) in [5.41, 5.74) is 0.0609. The van der Waals surface area contributed by atoms with Gasteiger partial charge in [0.15, 0.2) is 0 Å². The Bertz CT molecular complexity index is 143. The molecule has 0 saturated carbocycles. The predicted octanol–water partition coefficient (Wildman–Crippen LogP) is 3.22. The molecule has 0 rings (SSSR count). The lowest BCUT2D eigenvalue weighted by atomic mass is 10.1. The van der Waals surface area contributed by atoms with Crippen molar-refractivity contribution >= 4 is 0 Å². The third kappa shape index (κ3) is 10.2. The van der Waals surface area contributed by atoms with Crippen molar-refractivity contribution in [3.05, 3.63) is 0 Å². The lowest BCUT2D eigenvalue weighted by Gasteiger charge is -2.23. The molecule has 15 heavy (non-hydrogen) atoms. The summed E-state index contributed by atoms with van der Waals surface area (Å²) in [4.78, 5) is 0. The maximum Gasteiger partial charge on any atom is 0.0623 e. The van der Waals surface area contributed by atoms with Crippen molar-refractivity contribution in [1.29, 1.82) is 0 Å². The average Bonchev–Trinajstić information content (AvgIpc) is 2.16. The summed E-state index contributed by atoms with van der Waals surface area (Å²) in [5.74, 6) is 0.750. The third-order valence-electron chi connectivity index (χ3n) is 2.64. The molecule has 0 atom stereocenters. The highest BCUT2D eigenvalue weighted by molar-refractivity contribution is 4.64. The minimum Gasteiger partial charge on any atom is -0.376 e. The van der Waals surface area contributed by atoms with Gasteiger partial charge in [-0.25, -0.2) is 0 Å². The molecule has 0 aliphatic rings. The summed E-state index contributed by atoms with van der Waals surface area (Å²) < 4.78 is 5.78. The van der Waals surface area contributed by atoms with Crippen LogP contribution in [0.2, 0.25) is 0 Å². The fourth-order valence-corrected chi connectivity index (χ4v) is 1.19. The Hall–Kier alpha value is -0.0800. The molecular weight excluding hydrogens is 186 g/mol. The van der Waals surface area contributed by atoms with Crippen molar-refractivity contribution in [2.24, 2.45) is 5.92 Å². The number of hydrogen-bond acceptors (Lipinski definition) is 2. The molecule has 2 heteroatoms. The van der Waals surface area contributed by atoms with Crippen molar-refractivity contribution in [2.45, 2.75) is 59.5 Å². The maximum atomic E-state index is 5.78. The highest BCUT2D eigenvalue weighted by Gasteiger charge is 2.13. The molecule has 0 aliphatic heterocycles. The zero-order valence-electron chi connectivity index (χ0n) is 11.2. The van der Waals surface area contributed by atoms with Gasteiger partial charge < -0.3 is 10.1 Å². The van der Waals surface area contributed by atoms with E-state index in [2.05, 4.69) is 39.9 Å². The van der Waals surface area contributed by atoms with Gasteiger partial charge in [-0.05, 0) is 52.1 Å². The van der Waals surface area contributed by atoms with Crippen molar-refractivity contribution in [3.63, 3.8) is 0 Å². The Morgan fingerprint density at radius 3 is 2.40 bits per heavy atom. The normalized spacial score (nSPS) is 12.4. The van der Waals surface area contributed by atoms with Crippen LogP contribution in [0.15, 0.2) is 0 Å². The van der Waals surface area contributed by atoms with Gasteiger partial charge in [-0.2, -0.15) is 0 Å². The third-order valence-corrected chi connectivity index (χ3v) is 2.64. The van der Waals surface area contributed by atoms with Gasteiger partial charge in [-0.15, -0.1) is 0 Å². The highest BCUT2D eigenvalue weighted by atomic mass is 16.5. The molecule has 0 radical (unpaired) electrons. The molecule has 0 aliphatic carbocycles. The fraction of sp³-hybridized carbons (Fsp3) is 1.00. The van der Waals surface area contributed by atoms with E-state index in [1.807, 2.05) is 0 Å². The molecule has 0 heterocycles. The van der Waals surface area contributed by atoms with Crippen molar-refractivity contribution in [1.82, 2.24) is 5.32 Å². The maximum absolute atomic E-state index is 5.78. The van der Waals surface area contributed by atoms with Crippen LogP contribution in [0.5, 0.6) is 0 Å². The Morgan fingerprint density at radius 1 is 1.20 bits per heavy atom. The molecule has 1 N–H and O–H groups in total. The van der Waals surface area contributed by atoms with E-state index in [0.29, 0.717) is 0 Å². The van der Waals surface area contributed by atoms with Crippen LogP contribution in [0, 0.1) is 5.92 Å². The zero-order chi connectivity index (χ0) is 11.7. The van der Waals surface area contributed by atoms with E-state index in [9.17, 15) is 0 Å². The van der Waals surface area contributed by atoms with Crippen molar-refractivity contribution in [3.8, 4) is 0 Å². The van der Waals surface area contributed by atoms with E-state index in [0.717, 1.165) is 38.5 Å². The number of hydrogen-bond donors (Lipinski definition) is 1. The molecule has 0 saturated heterocycles. The SMILES string of the molecule is CCC(C)(C)OCCCCNCC(C)C. The van der Waals surface area contributed by atoms with Crippen LogP contribution in [0.3, 0.4) is 0 Å². The van der Waals surface area contributed by atoms with E-state index < -0.39 is 0 Å². The lowest BCUT2D eigenvalue weighted by molar-refractivity contribution is -0.0214. The molecule has 0 fully saturated rings. The van der Waals surface area contributed by atoms with Crippen LogP contribution < -0.4 is 5.32 Å². The standard InChI is InChI=1S/C13H29NO/c1-6-13(4,5)15-10-8-7-9-14-11-12(2)3/h12,14H,6-11H2,1-5H3. The van der Waals surface area contributed by atoms with Crippen LogP contribution >= 0.6 is 0 Å². The number of rotatable bonds is 9. The van der Waals surface area contributed by atoms with Gasteiger partial charge >= 0.3 is 0 Å². The Morgan fingerprint density at radius 2 is 1.87 bits per heavy atom. The summed E-state index contributed by atoms with van der Waals surface area (Å²) in [6, 6.07) is 0. The lowest BCUT2D eigenvalue weighted by Crippen LogP contribution is -2.24. The second kappa shape index (κ2) is 8.12. The quantitative estimate of drug-likeness (QED) is 0.596. The molecule has 92 valence electrons. The highest BCUT2D eigenvalue weighted by Crippen LogP contribution is 2.13. The molecule has 0 spiro atoms. The first-order valence-corrected chi connectivity index (χ1v) is 6.32. The van der Waals surface area contributed by atoms with E-state index in [4.69, 9.17) is 4.74 Å². The Balaban J connectivity index is 3.18. The molecular formula is C13H29NO. The van der Waals surface area contributed by atoms with Crippen LogP contribution in [0.25, 0.3) is 0 Å². The van der Waals surface area contributed by atoms with Gasteiger partial charge in [-0.1, -0.05) is 20.8 Å². The van der Waals surface area contributed by atoms with Crippen molar-refractivity contribution < 1.29 is 4.74 Å². The van der Waals surface area contributed by atoms with Crippen LogP contribution in [0.1, 0.15) is 53.9 Å². The van der Waals surface area contributed by atoms with Crippen LogP contribution in [0.4, 0.5) is 0 Å². The fourth-order valence-electron chi connectivity index (χ4n) is 1.19.